The molecule has 24 heavy (non-hydrogen) atoms. The van der Waals surface area contributed by atoms with E-state index in [1.807, 2.05) is 24.3 Å². The number of ether oxygens (including phenoxy) is 1. The quantitative estimate of drug-likeness (QED) is 0.487. The summed E-state index contributed by atoms with van der Waals surface area (Å²) >= 11 is 0. The van der Waals surface area contributed by atoms with Gasteiger partial charge in [0, 0.05) is 0 Å². The van der Waals surface area contributed by atoms with Crippen molar-refractivity contribution in [3.05, 3.63) is 42.0 Å². The Balaban J connectivity index is 1.40. The van der Waals surface area contributed by atoms with Gasteiger partial charge in [-0.05, 0) is 59.9 Å². The maximum atomic E-state index is 12.8. The highest BCUT2D eigenvalue weighted by Gasteiger charge is 2.73. The zero-order valence-electron chi connectivity index (χ0n) is 13.4. The molecule has 3 fully saturated rings. The van der Waals surface area contributed by atoms with Crippen molar-refractivity contribution in [3.63, 3.8) is 0 Å². The van der Waals surface area contributed by atoms with E-state index in [0.717, 1.165) is 29.2 Å². The number of rotatable bonds is 3. The van der Waals surface area contributed by atoms with Crippen LogP contribution in [0.5, 0.6) is 5.75 Å². The third-order valence-corrected chi connectivity index (χ3v) is 6.27. The Bertz CT molecular complexity index is 757. The van der Waals surface area contributed by atoms with E-state index in [2.05, 4.69) is 17.3 Å². The first kappa shape index (κ1) is 14.0. The van der Waals surface area contributed by atoms with Crippen LogP contribution in [0.1, 0.15) is 18.4 Å². The number of methoxy groups -OCH3 is 1. The smallest absolute Gasteiger partial charge is 0.254 e. The number of fused-ring (bicyclic) bond motifs is 3. The molecule has 5 heteroatoms. The molecule has 5 nitrogen and oxygen atoms in total. The van der Waals surface area contributed by atoms with Crippen LogP contribution in [0.15, 0.2) is 41.5 Å². The summed E-state index contributed by atoms with van der Waals surface area (Å²) in [5.74, 6) is 0.601. The third kappa shape index (κ3) is 1.62. The minimum atomic E-state index is -0.192. The SMILES string of the molecule is COc1ccc(/C=N\N2C(=O)[C@@H]3[C@@H](C2=O)[C@@H]2C=C[C@@H]3C23CC3)cc1. The van der Waals surface area contributed by atoms with Gasteiger partial charge in [0.15, 0.2) is 0 Å². The molecule has 4 aliphatic rings. The summed E-state index contributed by atoms with van der Waals surface area (Å²) in [5.41, 5.74) is 1.06. The highest BCUT2D eigenvalue weighted by molar-refractivity contribution is 6.07. The van der Waals surface area contributed by atoms with Gasteiger partial charge >= 0.3 is 0 Å². The first-order chi connectivity index (χ1) is 11.7. The van der Waals surface area contributed by atoms with Crippen molar-refractivity contribution in [1.82, 2.24) is 5.01 Å². The molecule has 0 aromatic heterocycles. The lowest BCUT2D eigenvalue weighted by atomic mass is 9.85. The van der Waals surface area contributed by atoms with Gasteiger partial charge in [0.25, 0.3) is 11.8 Å². The predicted molar refractivity (Wildman–Crippen MR) is 87.2 cm³/mol. The minimum Gasteiger partial charge on any atom is -0.497 e. The molecule has 1 spiro atoms. The molecule has 2 bridgehead atoms. The maximum Gasteiger partial charge on any atom is 0.254 e. The second kappa shape index (κ2) is 4.56. The van der Waals surface area contributed by atoms with E-state index in [0.29, 0.717) is 0 Å². The van der Waals surface area contributed by atoms with Crippen LogP contribution in [0.4, 0.5) is 0 Å². The number of imide groups is 1. The first-order valence-electron chi connectivity index (χ1n) is 8.40. The van der Waals surface area contributed by atoms with Gasteiger partial charge in [-0.15, -0.1) is 0 Å². The molecule has 1 aromatic carbocycles. The van der Waals surface area contributed by atoms with Crippen LogP contribution >= 0.6 is 0 Å². The van der Waals surface area contributed by atoms with E-state index >= 15 is 0 Å². The number of carbonyl (C=O) groups is 2. The molecule has 2 saturated carbocycles. The van der Waals surface area contributed by atoms with Gasteiger partial charge in [-0.2, -0.15) is 10.1 Å². The fourth-order valence-corrected chi connectivity index (χ4v) is 4.99. The monoisotopic (exact) mass is 322 g/mol. The second-order valence-corrected chi connectivity index (χ2v) is 7.23. The van der Waals surface area contributed by atoms with Crippen molar-refractivity contribution >= 4 is 18.0 Å². The zero-order valence-corrected chi connectivity index (χ0v) is 13.4. The second-order valence-electron chi connectivity index (χ2n) is 7.23. The van der Waals surface area contributed by atoms with Crippen molar-refractivity contribution in [1.29, 1.82) is 0 Å². The molecule has 0 N–H and O–H groups in total. The Kier molecular flexibility index (Phi) is 2.65. The first-order valence-corrected chi connectivity index (χ1v) is 8.40. The average Bonchev–Trinajstić information content (AvgIpc) is 3.21. The summed E-state index contributed by atoms with van der Waals surface area (Å²) < 4.78 is 5.12. The summed E-state index contributed by atoms with van der Waals surface area (Å²) in [5, 5.41) is 5.30. The van der Waals surface area contributed by atoms with Crippen molar-refractivity contribution in [2.24, 2.45) is 34.2 Å². The molecular formula is C19H18N2O3. The normalized spacial score (nSPS) is 34.6. The van der Waals surface area contributed by atoms with E-state index in [4.69, 9.17) is 4.74 Å². The average molecular weight is 322 g/mol. The van der Waals surface area contributed by atoms with Gasteiger partial charge in [-0.1, -0.05) is 12.2 Å². The Hall–Kier alpha value is -2.43. The van der Waals surface area contributed by atoms with Crippen molar-refractivity contribution in [3.8, 4) is 5.75 Å². The molecule has 1 aromatic rings. The number of hydrazone groups is 1. The predicted octanol–water partition coefficient (Wildman–Crippen LogP) is 2.23. The number of hydrogen-bond donors (Lipinski definition) is 0. The Morgan fingerprint density at radius 3 is 2.17 bits per heavy atom. The molecule has 1 saturated heterocycles. The molecule has 5 rings (SSSR count). The lowest BCUT2D eigenvalue weighted by Crippen LogP contribution is -2.30. The van der Waals surface area contributed by atoms with Gasteiger partial charge in [0.2, 0.25) is 0 Å². The molecule has 3 aliphatic carbocycles. The number of hydrogen-bond acceptors (Lipinski definition) is 4. The van der Waals surface area contributed by atoms with Crippen LogP contribution in [-0.2, 0) is 9.59 Å². The van der Waals surface area contributed by atoms with Gasteiger partial charge < -0.3 is 4.74 Å². The van der Waals surface area contributed by atoms with Crippen LogP contribution in [0.2, 0.25) is 0 Å². The molecule has 1 heterocycles. The maximum absolute atomic E-state index is 12.8. The summed E-state index contributed by atoms with van der Waals surface area (Å²) in [6.07, 6.45) is 8.20. The zero-order chi connectivity index (χ0) is 16.5. The third-order valence-electron chi connectivity index (χ3n) is 6.27. The summed E-state index contributed by atoms with van der Waals surface area (Å²) in [7, 11) is 1.61. The van der Waals surface area contributed by atoms with Crippen molar-refractivity contribution < 1.29 is 14.3 Å². The lowest BCUT2D eigenvalue weighted by Gasteiger charge is -2.18. The Morgan fingerprint density at radius 1 is 1.08 bits per heavy atom. The number of carbonyl (C=O) groups excluding carboxylic acids is 2. The van der Waals surface area contributed by atoms with E-state index in [-0.39, 0.29) is 40.9 Å². The summed E-state index contributed by atoms with van der Waals surface area (Å²) in [4.78, 5) is 25.5. The molecular weight excluding hydrogens is 304 g/mol. The largest absolute Gasteiger partial charge is 0.497 e. The van der Waals surface area contributed by atoms with Gasteiger partial charge in [0.1, 0.15) is 5.75 Å². The standard InChI is InChI=1S/C19H18N2O3/c1-24-12-4-2-11(3-5-12)10-20-21-17(22)15-13-6-7-14(16(15)18(21)23)19(13)8-9-19/h2-7,10,13-16H,8-9H2,1H3/b20-10-/t13-,14-,15-,16-/m0/s1. The van der Waals surface area contributed by atoms with Crippen molar-refractivity contribution in [2.75, 3.05) is 7.11 Å². The van der Waals surface area contributed by atoms with E-state index < -0.39 is 0 Å². The van der Waals surface area contributed by atoms with Crippen molar-refractivity contribution in [2.45, 2.75) is 12.8 Å². The van der Waals surface area contributed by atoms with Crippen LogP contribution in [0, 0.1) is 29.1 Å². The van der Waals surface area contributed by atoms with Crippen LogP contribution in [0.3, 0.4) is 0 Å². The van der Waals surface area contributed by atoms with Gasteiger partial charge in [-0.3, -0.25) is 9.59 Å². The lowest BCUT2D eigenvalue weighted by molar-refractivity contribution is -0.141. The number of nitrogens with zero attached hydrogens (tertiary/aromatic N) is 2. The molecule has 0 radical (unpaired) electrons. The Morgan fingerprint density at radius 2 is 1.67 bits per heavy atom. The molecule has 1 aliphatic heterocycles. The van der Waals surface area contributed by atoms with Crippen LogP contribution in [-0.4, -0.2) is 30.1 Å². The molecule has 4 atom stereocenters. The highest BCUT2D eigenvalue weighted by Crippen LogP contribution is 2.73. The highest BCUT2D eigenvalue weighted by atomic mass is 16.5. The fourth-order valence-electron chi connectivity index (χ4n) is 4.99. The van der Waals surface area contributed by atoms with E-state index in [1.165, 1.54) is 0 Å². The summed E-state index contributed by atoms with van der Waals surface area (Å²) in [6.45, 7) is 0. The fraction of sp³-hybridized carbons (Fsp3) is 0.421. The Labute approximate surface area is 140 Å². The molecule has 2 amide bonds. The van der Waals surface area contributed by atoms with Gasteiger partial charge in [-0.25, -0.2) is 0 Å². The van der Waals surface area contributed by atoms with Gasteiger partial charge in [0.05, 0.1) is 25.2 Å². The number of allylic oxidation sites excluding steroid dienone is 2. The molecule has 0 unspecified atom stereocenters. The molecule has 122 valence electrons. The van der Waals surface area contributed by atoms with Crippen LogP contribution in [0.25, 0.3) is 0 Å². The van der Waals surface area contributed by atoms with E-state index in [1.54, 1.807) is 13.3 Å². The number of benzene rings is 1. The summed E-state index contributed by atoms with van der Waals surface area (Å²) in [6, 6.07) is 7.34. The van der Waals surface area contributed by atoms with E-state index in [9.17, 15) is 9.59 Å². The minimum absolute atomic E-state index is 0.127. The topological polar surface area (TPSA) is 59.0 Å². The number of amides is 2. The van der Waals surface area contributed by atoms with Crippen LogP contribution < -0.4 is 4.74 Å².